The molecule has 0 aliphatic rings. The van der Waals surface area contributed by atoms with E-state index < -0.39 is 0 Å². The lowest BCUT2D eigenvalue weighted by Crippen LogP contribution is -2.31. The summed E-state index contributed by atoms with van der Waals surface area (Å²) in [5.74, 6) is -0.109. The fraction of sp³-hybridized carbons (Fsp3) is 0.182. The molecule has 1 N–H and O–H groups in total. The third-order valence-electron chi connectivity index (χ3n) is 4.24. The molecule has 0 spiro atoms. The lowest BCUT2D eigenvalue weighted by atomic mass is 10.1. The number of nitrogens with zero attached hydrogens (tertiary/aromatic N) is 2. The van der Waals surface area contributed by atoms with E-state index in [0.29, 0.717) is 12.2 Å². The van der Waals surface area contributed by atoms with Crippen LogP contribution in [0.5, 0.6) is 0 Å². The van der Waals surface area contributed by atoms with Crippen LogP contribution in [0, 0.1) is 0 Å². The van der Waals surface area contributed by atoms with Crippen molar-refractivity contribution in [2.24, 2.45) is 0 Å². The number of benzene rings is 2. The third-order valence-corrected chi connectivity index (χ3v) is 4.48. The van der Waals surface area contributed by atoms with E-state index in [4.69, 9.17) is 11.6 Å². The SMILES string of the molecule is CCN(C(=O)c1cc(NCCc2cccc(Cl)c2)ccn1)c1ccccc1. The number of nitrogens with one attached hydrogen (secondary N) is 1. The molecule has 1 amide bonds. The normalized spacial score (nSPS) is 10.4. The molecular weight excluding hydrogens is 358 g/mol. The number of halogens is 1. The maximum absolute atomic E-state index is 12.9. The van der Waals surface area contributed by atoms with Crippen LogP contribution in [0.3, 0.4) is 0 Å². The monoisotopic (exact) mass is 379 g/mol. The Hall–Kier alpha value is -2.85. The molecule has 2 aromatic carbocycles. The van der Waals surface area contributed by atoms with Gasteiger partial charge in [0.15, 0.2) is 0 Å². The topological polar surface area (TPSA) is 45.2 Å². The average molecular weight is 380 g/mol. The summed E-state index contributed by atoms with van der Waals surface area (Å²) in [5, 5.41) is 4.09. The van der Waals surface area contributed by atoms with Crippen molar-refractivity contribution in [2.45, 2.75) is 13.3 Å². The van der Waals surface area contributed by atoms with Gasteiger partial charge in [0.1, 0.15) is 5.69 Å². The Morgan fingerprint density at radius 1 is 1.07 bits per heavy atom. The number of pyridine rings is 1. The third kappa shape index (κ3) is 5.08. The minimum Gasteiger partial charge on any atom is -0.385 e. The van der Waals surface area contributed by atoms with Crippen LogP contribution in [0.1, 0.15) is 23.0 Å². The first-order valence-corrected chi connectivity index (χ1v) is 9.36. The molecule has 5 heteroatoms. The number of para-hydroxylation sites is 1. The van der Waals surface area contributed by atoms with Gasteiger partial charge in [0.25, 0.3) is 5.91 Å². The summed E-state index contributed by atoms with van der Waals surface area (Å²) in [7, 11) is 0. The molecule has 0 saturated carbocycles. The summed E-state index contributed by atoms with van der Waals surface area (Å²) in [4.78, 5) is 18.9. The Balaban J connectivity index is 1.66. The number of anilines is 2. The first-order chi connectivity index (χ1) is 13.2. The molecule has 138 valence electrons. The second-order valence-electron chi connectivity index (χ2n) is 6.12. The summed E-state index contributed by atoms with van der Waals surface area (Å²) >= 11 is 6.02. The Labute approximate surface area is 164 Å². The van der Waals surface area contributed by atoms with Crippen molar-refractivity contribution in [3.05, 3.63) is 89.2 Å². The van der Waals surface area contributed by atoms with Gasteiger partial charge in [0, 0.05) is 35.7 Å². The van der Waals surface area contributed by atoms with Crippen molar-refractivity contribution in [2.75, 3.05) is 23.3 Å². The highest BCUT2D eigenvalue weighted by molar-refractivity contribution is 6.30. The Bertz CT molecular complexity index is 899. The second kappa shape index (κ2) is 9.19. The largest absolute Gasteiger partial charge is 0.385 e. The van der Waals surface area contributed by atoms with Crippen LogP contribution in [-0.2, 0) is 6.42 Å². The van der Waals surface area contributed by atoms with Crippen molar-refractivity contribution in [3.63, 3.8) is 0 Å². The molecular formula is C22H22ClN3O. The van der Waals surface area contributed by atoms with Gasteiger partial charge in [-0.1, -0.05) is 41.9 Å². The summed E-state index contributed by atoms with van der Waals surface area (Å²) in [5.41, 5.74) is 3.33. The highest BCUT2D eigenvalue weighted by Crippen LogP contribution is 2.17. The van der Waals surface area contributed by atoms with Gasteiger partial charge in [0.05, 0.1) is 0 Å². The highest BCUT2D eigenvalue weighted by Gasteiger charge is 2.17. The molecule has 0 aliphatic heterocycles. The van der Waals surface area contributed by atoms with Crippen LogP contribution in [0.2, 0.25) is 5.02 Å². The molecule has 0 radical (unpaired) electrons. The van der Waals surface area contributed by atoms with E-state index in [1.807, 2.05) is 67.6 Å². The predicted molar refractivity (Wildman–Crippen MR) is 112 cm³/mol. The fourth-order valence-corrected chi connectivity index (χ4v) is 3.10. The number of carbonyl (C=O) groups excluding carboxylic acids is 1. The van der Waals surface area contributed by atoms with E-state index in [2.05, 4.69) is 10.3 Å². The number of hydrogen-bond acceptors (Lipinski definition) is 3. The van der Waals surface area contributed by atoms with E-state index in [9.17, 15) is 4.79 Å². The van der Waals surface area contributed by atoms with Crippen molar-refractivity contribution in [3.8, 4) is 0 Å². The van der Waals surface area contributed by atoms with Gasteiger partial charge in [0.2, 0.25) is 0 Å². The molecule has 3 rings (SSSR count). The molecule has 0 unspecified atom stereocenters. The van der Waals surface area contributed by atoms with Gasteiger partial charge in [-0.05, 0) is 55.3 Å². The van der Waals surface area contributed by atoms with Crippen LogP contribution in [0.4, 0.5) is 11.4 Å². The van der Waals surface area contributed by atoms with Crippen molar-refractivity contribution in [1.82, 2.24) is 4.98 Å². The zero-order valence-electron chi connectivity index (χ0n) is 15.2. The zero-order valence-corrected chi connectivity index (χ0v) is 16.0. The highest BCUT2D eigenvalue weighted by atomic mass is 35.5. The lowest BCUT2D eigenvalue weighted by molar-refractivity contribution is 0.0983. The van der Waals surface area contributed by atoms with E-state index >= 15 is 0 Å². The lowest BCUT2D eigenvalue weighted by Gasteiger charge is -2.20. The van der Waals surface area contributed by atoms with Crippen molar-refractivity contribution in [1.29, 1.82) is 0 Å². The van der Waals surface area contributed by atoms with Gasteiger partial charge < -0.3 is 10.2 Å². The van der Waals surface area contributed by atoms with E-state index in [0.717, 1.165) is 29.4 Å². The maximum atomic E-state index is 12.9. The first kappa shape index (κ1) is 18.9. The number of rotatable bonds is 7. The zero-order chi connectivity index (χ0) is 19.1. The molecule has 3 aromatic rings. The van der Waals surface area contributed by atoms with Gasteiger partial charge in [-0.25, -0.2) is 0 Å². The van der Waals surface area contributed by atoms with Gasteiger partial charge in [-0.2, -0.15) is 0 Å². The molecule has 4 nitrogen and oxygen atoms in total. The molecule has 1 aromatic heterocycles. The quantitative estimate of drug-likeness (QED) is 0.624. The van der Waals surface area contributed by atoms with Gasteiger partial charge in [-0.15, -0.1) is 0 Å². The van der Waals surface area contributed by atoms with Gasteiger partial charge >= 0.3 is 0 Å². The summed E-state index contributed by atoms with van der Waals surface area (Å²) in [6.07, 6.45) is 2.51. The molecule has 0 saturated heterocycles. The maximum Gasteiger partial charge on any atom is 0.276 e. The minimum atomic E-state index is -0.109. The second-order valence-corrected chi connectivity index (χ2v) is 6.56. The molecule has 0 aliphatic carbocycles. The molecule has 27 heavy (non-hydrogen) atoms. The standard InChI is InChI=1S/C22H22ClN3O/c1-2-26(20-9-4-3-5-10-20)22(27)21-16-19(12-14-25-21)24-13-11-17-7-6-8-18(23)15-17/h3-10,12,14-16H,2,11,13H2,1H3,(H,24,25). The molecule has 1 heterocycles. The molecule has 0 bridgehead atoms. The fourth-order valence-electron chi connectivity index (χ4n) is 2.89. The van der Waals surface area contributed by atoms with Crippen molar-refractivity contribution >= 4 is 28.9 Å². The average Bonchev–Trinajstić information content (AvgIpc) is 2.70. The van der Waals surface area contributed by atoms with Crippen LogP contribution in [-0.4, -0.2) is 24.0 Å². The van der Waals surface area contributed by atoms with Crippen LogP contribution in [0.15, 0.2) is 72.9 Å². The number of carbonyl (C=O) groups is 1. The number of aromatic nitrogens is 1. The summed E-state index contributed by atoms with van der Waals surface area (Å²) < 4.78 is 0. The number of hydrogen-bond donors (Lipinski definition) is 1. The summed E-state index contributed by atoms with van der Waals surface area (Å²) in [6, 6.07) is 21.1. The Kier molecular flexibility index (Phi) is 6.44. The van der Waals surface area contributed by atoms with E-state index in [1.165, 1.54) is 5.56 Å². The first-order valence-electron chi connectivity index (χ1n) is 8.98. The predicted octanol–water partition coefficient (Wildman–Crippen LogP) is 5.06. The molecule has 0 fully saturated rings. The molecule has 0 atom stereocenters. The Morgan fingerprint density at radius 2 is 1.89 bits per heavy atom. The smallest absolute Gasteiger partial charge is 0.276 e. The van der Waals surface area contributed by atoms with Crippen LogP contribution >= 0.6 is 11.6 Å². The van der Waals surface area contributed by atoms with E-state index in [-0.39, 0.29) is 5.91 Å². The van der Waals surface area contributed by atoms with Crippen molar-refractivity contribution < 1.29 is 4.79 Å². The van der Waals surface area contributed by atoms with Gasteiger partial charge in [-0.3, -0.25) is 9.78 Å². The van der Waals surface area contributed by atoms with Crippen LogP contribution < -0.4 is 10.2 Å². The number of amides is 1. The van der Waals surface area contributed by atoms with E-state index in [1.54, 1.807) is 17.2 Å². The Morgan fingerprint density at radius 3 is 2.63 bits per heavy atom. The van der Waals surface area contributed by atoms with Crippen LogP contribution in [0.25, 0.3) is 0 Å². The summed E-state index contributed by atoms with van der Waals surface area (Å²) in [6.45, 7) is 3.28. The minimum absolute atomic E-state index is 0.109.